The van der Waals surface area contributed by atoms with E-state index in [0.717, 1.165) is 31.0 Å². The fraction of sp³-hybridized carbons (Fsp3) is 0.667. The van der Waals surface area contributed by atoms with Crippen LogP contribution in [0.4, 0.5) is 0 Å². The van der Waals surface area contributed by atoms with Crippen LogP contribution in [-0.4, -0.2) is 46.3 Å². The summed E-state index contributed by atoms with van der Waals surface area (Å²) in [5, 5.41) is 8.18. The number of hydrogen-bond donors (Lipinski definition) is 1. The van der Waals surface area contributed by atoms with Crippen LogP contribution >= 0.6 is 11.6 Å². The zero-order chi connectivity index (χ0) is 22.8. The van der Waals surface area contributed by atoms with Crippen LogP contribution in [0.25, 0.3) is 0 Å². The first-order valence-corrected chi connectivity index (χ1v) is 12.0. The highest BCUT2D eigenvalue weighted by Crippen LogP contribution is 2.20. The SMILES string of the molecule is CCCCCN(CCCCC)CC(C)NC(=O)c1ccc(Cn2nc(C)c(Cl)c2C)o1. The summed E-state index contributed by atoms with van der Waals surface area (Å²) in [6, 6.07) is 3.61. The second kappa shape index (κ2) is 12.9. The Bertz CT molecular complexity index is 805. The summed E-state index contributed by atoms with van der Waals surface area (Å²) in [5.74, 6) is 0.839. The van der Waals surface area contributed by atoms with Gasteiger partial charge in [0.1, 0.15) is 5.76 Å². The van der Waals surface area contributed by atoms with Gasteiger partial charge in [-0.3, -0.25) is 9.48 Å². The lowest BCUT2D eigenvalue weighted by atomic mass is 10.2. The van der Waals surface area contributed by atoms with Crippen LogP contribution < -0.4 is 5.32 Å². The monoisotopic (exact) mass is 450 g/mol. The highest BCUT2D eigenvalue weighted by Gasteiger charge is 2.17. The van der Waals surface area contributed by atoms with Crippen molar-refractivity contribution in [1.82, 2.24) is 20.0 Å². The predicted octanol–water partition coefficient (Wildman–Crippen LogP) is 5.60. The average molecular weight is 451 g/mol. The molecular formula is C24H39ClN4O2. The van der Waals surface area contributed by atoms with Crippen LogP contribution in [0.5, 0.6) is 0 Å². The molecule has 0 aliphatic heterocycles. The Morgan fingerprint density at radius 1 is 1.16 bits per heavy atom. The van der Waals surface area contributed by atoms with Crippen LogP contribution in [0.1, 0.15) is 87.0 Å². The van der Waals surface area contributed by atoms with E-state index in [0.29, 0.717) is 23.1 Å². The van der Waals surface area contributed by atoms with E-state index in [9.17, 15) is 4.79 Å². The molecule has 6 nitrogen and oxygen atoms in total. The number of unbranched alkanes of at least 4 members (excludes halogenated alkanes) is 4. The first-order chi connectivity index (χ1) is 14.8. The standard InChI is InChI=1S/C24H39ClN4O2/c1-6-8-10-14-28(15-11-9-7-2)16-18(3)26-24(30)22-13-12-21(31-22)17-29-20(5)23(25)19(4)27-29/h12-13,18H,6-11,14-17H2,1-5H3,(H,26,30). The van der Waals surface area contributed by atoms with E-state index in [-0.39, 0.29) is 11.9 Å². The molecule has 0 fully saturated rings. The Kier molecular flexibility index (Phi) is 10.6. The fourth-order valence-corrected chi connectivity index (χ4v) is 3.89. The third-order valence-corrected chi connectivity index (χ3v) is 6.10. The molecule has 1 unspecified atom stereocenters. The van der Waals surface area contributed by atoms with E-state index in [1.807, 2.05) is 19.9 Å². The van der Waals surface area contributed by atoms with E-state index in [2.05, 4.69) is 36.1 Å². The Balaban J connectivity index is 1.89. The van der Waals surface area contributed by atoms with Gasteiger partial charge in [0.15, 0.2) is 5.76 Å². The number of nitrogens with zero attached hydrogens (tertiary/aromatic N) is 3. The maximum absolute atomic E-state index is 12.7. The fourth-order valence-electron chi connectivity index (χ4n) is 3.75. The minimum atomic E-state index is -0.174. The minimum Gasteiger partial charge on any atom is -0.454 e. The zero-order valence-corrected chi connectivity index (χ0v) is 20.6. The predicted molar refractivity (Wildman–Crippen MR) is 127 cm³/mol. The van der Waals surface area contributed by atoms with E-state index in [1.165, 1.54) is 38.5 Å². The summed E-state index contributed by atoms with van der Waals surface area (Å²) in [5.41, 5.74) is 1.68. The molecule has 1 amide bonds. The highest BCUT2D eigenvalue weighted by atomic mass is 35.5. The molecule has 174 valence electrons. The number of carbonyl (C=O) groups is 1. The lowest BCUT2D eigenvalue weighted by molar-refractivity contribution is 0.0898. The maximum atomic E-state index is 12.7. The Morgan fingerprint density at radius 2 is 1.81 bits per heavy atom. The summed E-state index contributed by atoms with van der Waals surface area (Å²) in [7, 11) is 0. The second-order valence-electron chi connectivity index (χ2n) is 8.50. The van der Waals surface area contributed by atoms with Gasteiger partial charge in [-0.2, -0.15) is 5.10 Å². The Labute approximate surface area is 192 Å². The van der Waals surface area contributed by atoms with E-state index in [4.69, 9.17) is 16.0 Å². The van der Waals surface area contributed by atoms with Gasteiger partial charge in [-0.1, -0.05) is 51.1 Å². The smallest absolute Gasteiger partial charge is 0.287 e. The summed E-state index contributed by atoms with van der Waals surface area (Å²) >= 11 is 6.22. The number of aromatic nitrogens is 2. The first kappa shape index (κ1) is 25.5. The van der Waals surface area contributed by atoms with Gasteiger partial charge in [-0.25, -0.2) is 0 Å². The molecule has 2 rings (SSSR count). The number of nitrogens with one attached hydrogen (secondary N) is 1. The lowest BCUT2D eigenvalue weighted by Gasteiger charge is -2.26. The number of aryl methyl sites for hydroxylation is 1. The van der Waals surface area contributed by atoms with E-state index in [1.54, 1.807) is 10.7 Å². The molecule has 0 aromatic carbocycles. The lowest BCUT2D eigenvalue weighted by Crippen LogP contribution is -2.42. The number of halogens is 1. The molecule has 0 saturated heterocycles. The van der Waals surface area contributed by atoms with Gasteiger partial charge >= 0.3 is 0 Å². The van der Waals surface area contributed by atoms with E-state index < -0.39 is 0 Å². The summed E-state index contributed by atoms with van der Waals surface area (Å²) in [4.78, 5) is 15.2. The van der Waals surface area contributed by atoms with Gasteiger partial charge < -0.3 is 14.6 Å². The maximum Gasteiger partial charge on any atom is 0.287 e. The third kappa shape index (κ3) is 8.00. The van der Waals surface area contributed by atoms with Crippen molar-refractivity contribution < 1.29 is 9.21 Å². The number of amides is 1. The molecule has 2 aromatic rings. The molecule has 0 aliphatic rings. The summed E-state index contributed by atoms with van der Waals surface area (Å²) in [6.07, 6.45) is 7.36. The number of furan rings is 1. The molecule has 0 aliphatic carbocycles. The molecule has 2 aromatic heterocycles. The molecule has 2 heterocycles. The molecule has 0 bridgehead atoms. The van der Waals surface area contributed by atoms with Crippen molar-refractivity contribution in [1.29, 1.82) is 0 Å². The van der Waals surface area contributed by atoms with Gasteiger partial charge in [0.25, 0.3) is 5.91 Å². The molecule has 0 spiro atoms. The van der Waals surface area contributed by atoms with Gasteiger partial charge in [-0.15, -0.1) is 0 Å². The largest absolute Gasteiger partial charge is 0.454 e. The average Bonchev–Trinajstić information content (AvgIpc) is 3.29. The van der Waals surface area contributed by atoms with Crippen LogP contribution in [0.15, 0.2) is 16.5 Å². The molecule has 0 radical (unpaired) electrons. The van der Waals surface area contributed by atoms with Crippen molar-refractivity contribution in [3.05, 3.63) is 40.1 Å². The highest BCUT2D eigenvalue weighted by molar-refractivity contribution is 6.31. The summed E-state index contributed by atoms with van der Waals surface area (Å²) < 4.78 is 7.59. The number of hydrogen-bond acceptors (Lipinski definition) is 4. The Morgan fingerprint density at radius 3 is 2.35 bits per heavy atom. The first-order valence-electron chi connectivity index (χ1n) is 11.7. The molecule has 31 heavy (non-hydrogen) atoms. The van der Waals surface area contributed by atoms with Gasteiger partial charge in [-0.05, 0) is 58.8 Å². The number of carbonyl (C=O) groups excluding carboxylic acids is 1. The van der Waals surface area contributed by atoms with Crippen molar-refractivity contribution in [2.75, 3.05) is 19.6 Å². The molecule has 7 heteroatoms. The molecule has 1 N–H and O–H groups in total. The normalized spacial score (nSPS) is 12.5. The molecule has 0 saturated carbocycles. The van der Waals surface area contributed by atoms with E-state index >= 15 is 0 Å². The van der Waals surface area contributed by atoms with Crippen molar-refractivity contribution in [2.45, 2.75) is 85.7 Å². The van der Waals surface area contributed by atoms with Crippen LogP contribution in [0.2, 0.25) is 5.02 Å². The second-order valence-corrected chi connectivity index (χ2v) is 8.88. The quantitative estimate of drug-likeness (QED) is 0.381. The topological polar surface area (TPSA) is 63.3 Å². The van der Waals surface area contributed by atoms with Crippen LogP contribution in [0.3, 0.4) is 0 Å². The van der Waals surface area contributed by atoms with Crippen molar-refractivity contribution in [3.8, 4) is 0 Å². The van der Waals surface area contributed by atoms with Crippen molar-refractivity contribution in [2.24, 2.45) is 0 Å². The van der Waals surface area contributed by atoms with Crippen LogP contribution in [-0.2, 0) is 6.54 Å². The van der Waals surface area contributed by atoms with Gasteiger partial charge in [0.05, 0.1) is 23.0 Å². The minimum absolute atomic E-state index is 0.0547. The number of rotatable bonds is 14. The third-order valence-electron chi connectivity index (χ3n) is 5.55. The van der Waals surface area contributed by atoms with Crippen LogP contribution in [0, 0.1) is 13.8 Å². The zero-order valence-electron chi connectivity index (χ0n) is 19.8. The molecule has 1 atom stereocenters. The van der Waals surface area contributed by atoms with Crippen molar-refractivity contribution >= 4 is 17.5 Å². The van der Waals surface area contributed by atoms with Crippen molar-refractivity contribution in [3.63, 3.8) is 0 Å². The van der Waals surface area contributed by atoms with Gasteiger partial charge in [0.2, 0.25) is 0 Å². The Hall–Kier alpha value is -1.79. The summed E-state index contributed by atoms with van der Waals surface area (Å²) in [6.45, 7) is 13.8. The van der Waals surface area contributed by atoms with Gasteiger partial charge in [0, 0.05) is 12.6 Å². The molecular weight excluding hydrogens is 412 g/mol.